The van der Waals surface area contributed by atoms with Gasteiger partial charge in [0.1, 0.15) is 18.0 Å². The van der Waals surface area contributed by atoms with Crippen LogP contribution in [0.15, 0.2) is 6.33 Å². The van der Waals surface area contributed by atoms with E-state index in [-0.39, 0.29) is 0 Å². The van der Waals surface area contributed by atoms with Crippen molar-refractivity contribution in [1.29, 1.82) is 0 Å². The van der Waals surface area contributed by atoms with Crippen molar-refractivity contribution in [2.45, 2.75) is 46.8 Å². The summed E-state index contributed by atoms with van der Waals surface area (Å²) in [5.74, 6) is 2.03. The molecule has 0 atom stereocenters. The van der Waals surface area contributed by atoms with Gasteiger partial charge in [-0.3, -0.25) is 0 Å². The van der Waals surface area contributed by atoms with Gasteiger partial charge < -0.3 is 14.5 Å². The third-order valence-corrected chi connectivity index (χ3v) is 3.44. The zero-order valence-electron chi connectivity index (χ0n) is 12.1. The number of nitrogens with one attached hydrogen (secondary N) is 1. The summed E-state index contributed by atoms with van der Waals surface area (Å²) in [5, 5.41) is 11.5. The van der Waals surface area contributed by atoms with Crippen LogP contribution in [0.4, 0.5) is 0 Å². The lowest BCUT2D eigenvalue weighted by Crippen LogP contribution is -2.19. The summed E-state index contributed by atoms with van der Waals surface area (Å²) in [4.78, 5) is 4.54. The lowest BCUT2D eigenvalue weighted by molar-refractivity contribution is 0.571. The van der Waals surface area contributed by atoms with Crippen LogP contribution in [0.2, 0.25) is 0 Å². The van der Waals surface area contributed by atoms with E-state index in [0.717, 1.165) is 36.9 Å². The second kappa shape index (κ2) is 5.97. The number of aromatic nitrogens is 5. The van der Waals surface area contributed by atoms with Gasteiger partial charge in [0.15, 0.2) is 0 Å². The van der Waals surface area contributed by atoms with Crippen LogP contribution in [0.1, 0.15) is 36.4 Å². The Morgan fingerprint density at radius 1 is 1.21 bits per heavy atom. The minimum Gasteiger partial charge on any atom is -0.334 e. The van der Waals surface area contributed by atoms with Crippen LogP contribution >= 0.6 is 0 Å². The Morgan fingerprint density at radius 2 is 1.95 bits per heavy atom. The van der Waals surface area contributed by atoms with Crippen LogP contribution < -0.4 is 5.32 Å². The number of hydrogen-bond acceptors (Lipinski definition) is 4. The largest absolute Gasteiger partial charge is 0.334 e. The van der Waals surface area contributed by atoms with Crippen LogP contribution in [0, 0.1) is 13.8 Å². The Labute approximate surface area is 113 Å². The summed E-state index contributed by atoms with van der Waals surface area (Å²) in [6, 6.07) is 0. The normalized spacial score (nSPS) is 11.2. The highest BCUT2D eigenvalue weighted by atomic mass is 15.3. The predicted molar refractivity (Wildman–Crippen MR) is 73.5 cm³/mol. The van der Waals surface area contributed by atoms with Gasteiger partial charge in [0, 0.05) is 19.3 Å². The van der Waals surface area contributed by atoms with E-state index in [1.54, 1.807) is 6.33 Å². The average Bonchev–Trinajstić information content (AvgIpc) is 2.92. The summed E-state index contributed by atoms with van der Waals surface area (Å²) in [6.07, 6.45) is 2.87. The maximum Gasteiger partial charge on any atom is 0.146 e. The molecule has 0 aliphatic rings. The lowest BCUT2D eigenvalue weighted by atomic mass is 10.4. The molecule has 0 aromatic carbocycles. The smallest absolute Gasteiger partial charge is 0.146 e. The predicted octanol–water partition coefficient (Wildman–Crippen LogP) is 1.33. The summed E-state index contributed by atoms with van der Waals surface area (Å²) in [5.41, 5.74) is 2.30. The average molecular weight is 262 g/mol. The molecule has 0 amide bonds. The third kappa shape index (κ3) is 3.01. The van der Waals surface area contributed by atoms with Gasteiger partial charge >= 0.3 is 0 Å². The quantitative estimate of drug-likeness (QED) is 0.853. The maximum atomic E-state index is 4.54. The summed E-state index contributed by atoms with van der Waals surface area (Å²) >= 11 is 0. The second-order valence-electron chi connectivity index (χ2n) is 4.80. The Kier molecular flexibility index (Phi) is 4.31. The van der Waals surface area contributed by atoms with Crippen LogP contribution in [-0.2, 0) is 26.7 Å². The summed E-state index contributed by atoms with van der Waals surface area (Å²) in [6.45, 7) is 8.69. The van der Waals surface area contributed by atoms with Crippen molar-refractivity contribution in [2.75, 3.05) is 0 Å². The first-order valence-corrected chi connectivity index (χ1v) is 6.69. The molecule has 2 aromatic heterocycles. The standard InChI is InChI=1S/C13H22N6/c1-5-6-19-9-15-17-13(19)8-14-7-12-16-10(2)11(3)18(12)4/h9,14H,5-8H2,1-4H3. The summed E-state index contributed by atoms with van der Waals surface area (Å²) < 4.78 is 4.21. The number of rotatable bonds is 6. The molecule has 6 heteroatoms. The van der Waals surface area contributed by atoms with Crippen LogP contribution in [0.25, 0.3) is 0 Å². The van der Waals surface area contributed by atoms with E-state index in [2.05, 4.69) is 43.5 Å². The summed E-state index contributed by atoms with van der Waals surface area (Å²) in [7, 11) is 2.05. The van der Waals surface area contributed by atoms with Crippen molar-refractivity contribution in [1.82, 2.24) is 29.6 Å². The van der Waals surface area contributed by atoms with E-state index in [9.17, 15) is 0 Å². The molecule has 0 aliphatic heterocycles. The first-order valence-electron chi connectivity index (χ1n) is 6.69. The van der Waals surface area contributed by atoms with Crippen molar-refractivity contribution in [3.05, 3.63) is 29.4 Å². The number of imidazole rings is 1. The van der Waals surface area contributed by atoms with E-state index in [1.165, 1.54) is 5.69 Å². The Morgan fingerprint density at radius 3 is 2.58 bits per heavy atom. The van der Waals surface area contributed by atoms with E-state index in [4.69, 9.17) is 0 Å². The van der Waals surface area contributed by atoms with Gasteiger partial charge in [-0.1, -0.05) is 6.92 Å². The second-order valence-corrected chi connectivity index (χ2v) is 4.80. The molecule has 0 saturated heterocycles. The fraction of sp³-hybridized carbons (Fsp3) is 0.615. The van der Waals surface area contributed by atoms with Crippen LogP contribution in [0.3, 0.4) is 0 Å². The first kappa shape index (κ1) is 13.7. The molecule has 6 nitrogen and oxygen atoms in total. The lowest BCUT2D eigenvalue weighted by Gasteiger charge is -2.07. The third-order valence-electron chi connectivity index (χ3n) is 3.44. The molecule has 0 saturated carbocycles. The van der Waals surface area contributed by atoms with Crippen molar-refractivity contribution in [3.63, 3.8) is 0 Å². The molecular formula is C13H22N6. The van der Waals surface area contributed by atoms with Gasteiger partial charge in [0.05, 0.1) is 18.8 Å². The van der Waals surface area contributed by atoms with Crippen molar-refractivity contribution >= 4 is 0 Å². The fourth-order valence-corrected chi connectivity index (χ4v) is 2.07. The highest BCUT2D eigenvalue weighted by Gasteiger charge is 2.08. The highest BCUT2D eigenvalue weighted by molar-refractivity contribution is 5.13. The van der Waals surface area contributed by atoms with Crippen LogP contribution in [0.5, 0.6) is 0 Å². The number of hydrogen-bond donors (Lipinski definition) is 1. The SMILES string of the molecule is CCCn1cnnc1CNCc1nc(C)c(C)n1C. The van der Waals surface area contributed by atoms with Gasteiger partial charge in [0.25, 0.3) is 0 Å². The van der Waals surface area contributed by atoms with Crippen molar-refractivity contribution < 1.29 is 0 Å². The van der Waals surface area contributed by atoms with E-state index >= 15 is 0 Å². The highest BCUT2D eigenvalue weighted by Crippen LogP contribution is 2.07. The van der Waals surface area contributed by atoms with Gasteiger partial charge in [-0.15, -0.1) is 10.2 Å². The Bertz CT molecular complexity index is 539. The minimum atomic E-state index is 0.713. The molecule has 0 bridgehead atoms. The van der Waals surface area contributed by atoms with Gasteiger partial charge in [-0.2, -0.15) is 0 Å². The van der Waals surface area contributed by atoms with Gasteiger partial charge in [0.2, 0.25) is 0 Å². The topological polar surface area (TPSA) is 60.6 Å². The molecule has 1 N–H and O–H groups in total. The van der Waals surface area contributed by atoms with Gasteiger partial charge in [-0.25, -0.2) is 4.98 Å². The Balaban J connectivity index is 1.92. The molecule has 0 aliphatic carbocycles. The minimum absolute atomic E-state index is 0.713. The molecule has 0 radical (unpaired) electrons. The molecule has 2 rings (SSSR count). The van der Waals surface area contributed by atoms with E-state index in [1.807, 2.05) is 14.0 Å². The maximum absolute atomic E-state index is 4.54. The molecule has 2 aromatic rings. The Hall–Kier alpha value is -1.69. The number of aryl methyl sites for hydroxylation is 2. The molecule has 104 valence electrons. The molecule has 0 fully saturated rings. The molecular weight excluding hydrogens is 240 g/mol. The fourth-order valence-electron chi connectivity index (χ4n) is 2.07. The molecule has 0 spiro atoms. The molecule has 0 unspecified atom stereocenters. The zero-order chi connectivity index (χ0) is 13.8. The molecule has 19 heavy (non-hydrogen) atoms. The first-order chi connectivity index (χ1) is 9.13. The zero-order valence-corrected chi connectivity index (χ0v) is 12.1. The van der Waals surface area contributed by atoms with E-state index in [0.29, 0.717) is 6.54 Å². The van der Waals surface area contributed by atoms with Crippen LogP contribution in [-0.4, -0.2) is 24.3 Å². The van der Waals surface area contributed by atoms with Gasteiger partial charge in [-0.05, 0) is 20.3 Å². The molecule has 2 heterocycles. The number of nitrogens with zero attached hydrogens (tertiary/aromatic N) is 5. The monoisotopic (exact) mass is 262 g/mol. The van der Waals surface area contributed by atoms with Crippen molar-refractivity contribution in [2.24, 2.45) is 7.05 Å². The van der Waals surface area contributed by atoms with Crippen molar-refractivity contribution in [3.8, 4) is 0 Å². The van der Waals surface area contributed by atoms with E-state index < -0.39 is 0 Å².